The summed E-state index contributed by atoms with van der Waals surface area (Å²) in [4.78, 5) is 3.95. The molecule has 1 heterocycles. The molecule has 1 aromatic heterocycles. The van der Waals surface area contributed by atoms with Crippen LogP contribution in [0.15, 0.2) is 22.7 Å². The van der Waals surface area contributed by atoms with Gasteiger partial charge in [0.25, 0.3) is 0 Å². The van der Waals surface area contributed by atoms with Crippen LogP contribution in [0.25, 0.3) is 0 Å². The molecule has 0 fully saturated rings. The second-order valence-electron chi connectivity index (χ2n) is 3.57. The molecular weight excluding hydrogens is 228 g/mol. The molecule has 1 aromatic carbocycles. The Kier molecular flexibility index (Phi) is 2.95. The molecule has 0 spiro atoms. The summed E-state index contributed by atoms with van der Waals surface area (Å²) in [6.45, 7) is 1.97. The third-order valence-corrected chi connectivity index (χ3v) is 2.19. The molecule has 0 amide bonds. The lowest BCUT2D eigenvalue weighted by atomic mass is 10.2. The molecule has 0 aliphatic carbocycles. The highest BCUT2D eigenvalue weighted by Gasteiger charge is 2.09. The van der Waals surface area contributed by atoms with Gasteiger partial charge >= 0.3 is 0 Å². The number of benzene rings is 1. The van der Waals surface area contributed by atoms with Crippen molar-refractivity contribution >= 4 is 11.4 Å². The van der Waals surface area contributed by atoms with Gasteiger partial charge in [-0.3, -0.25) is 0 Å². The van der Waals surface area contributed by atoms with E-state index in [0.29, 0.717) is 11.7 Å². The van der Waals surface area contributed by atoms with Crippen molar-refractivity contribution in [3.8, 4) is 0 Å². The van der Waals surface area contributed by atoms with Gasteiger partial charge < -0.3 is 15.5 Å². The molecule has 2 rings (SSSR count). The highest BCUT2D eigenvalue weighted by Crippen LogP contribution is 2.23. The monoisotopic (exact) mass is 239 g/mol. The molecule has 90 valence electrons. The number of nitrogens with zero attached hydrogens (tertiary/aromatic N) is 1. The van der Waals surface area contributed by atoms with E-state index in [-0.39, 0.29) is 17.9 Å². The van der Waals surface area contributed by atoms with E-state index < -0.39 is 11.6 Å². The Morgan fingerprint density at radius 1 is 1.41 bits per heavy atom. The second kappa shape index (κ2) is 4.40. The molecule has 4 nitrogen and oxygen atoms in total. The summed E-state index contributed by atoms with van der Waals surface area (Å²) in [5.74, 6) is -0.398. The number of aromatic nitrogens is 1. The van der Waals surface area contributed by atoms with Crippen molar-refractivity contribution in [2.24, 2.45) is 0 Å². The molecule has 0 radical (unpaired) electrons. The smallest absolute Gasteiger partial charge is 0.213 e. The predicted octanol–water partition coefficient (Wildman–Crippen LogP) is 2.46. The highest BCUT2D eigenvalue weighted by molar-refractivity contribution is 5.66. The lowest BCUT2D eigenvalue weighted by Gasteiger charge is -2.08. The van der Waals surface area contributed by atoms with Gasteiger partial charge in [-0.1, -0.05) is 0 Å². The summed E-state index contributed by atoms with van der Waals surface area (Å²) in [5.41, 5.74) is 5.51. The summed E-state index contributed by atoms with van der Waals surface area (Å²) in [5, 5.41) is 2.76. The average molecular weight is 239 g/mol. The Hall–Kier alpha value is -2.11. The molecule has 0 aliphatic rings. The van der Waals surface area contributed by atoms with Gasteiger partial charge in [-0.15, -0.1) is 0 Å². The van der Waals surface area contributed by atoms with E-state index in [1.807, 2.05) is 0 Å². The van der Waals surface area contributed by atoms with E-state index in [0.717, 1.165) is 12.1 Å². The first-order valence-electron chi connectivity index (χ1n) is 4.96. The number of aryl methyl sites for hydroxylation is 1. The van der Waals surface area contributed by atoms with Gasteiger partial charge in [0, 0.05) is 6.07 Å². The maximum absolute atomic E-state index is 13.1. The van der Waals surface area contributed by atoms with Crippen molar-refractivity contribution in [3.05, 3.63) is 41.6 Å². The van der Waals surface area contributed by atoms with Crippen LogP contribution < -0.4 is 11.1 Å². The molecule has 0 aliphatic heterocycles. The van der Waals surface area contributed by atoms with Crippen LogP contribution >= 0.6 is 0 Å². The molecule has 3 N–H and O–H groups in total. The Morgan fingerprint density at radius 2 is 2.18 bits per heavy atom. The van der Waals surface area contributed by atoms with Gasteiger partial charge in [-0.05, 0) is 13.0 Å². The van der Waals surface area contributed by atoms with Crippen LogP contribution in [0.5, 0.6) is 0 Å². The van der Waals surface area contributed by atoms with Crippen molar-refractivity contribution in [1.29, 1.82) is 0 Å². The number of oxazole rings is 1. The molecule has 0 saturated heterocycles. The number of nitrogens with two attached hydrogens (primary N) is 1. The van der Waals surface area contributed by atoms with Gasteiger partial charge in [-0.25, -0.2) is 13.8 Å². The average Bonchev–Trinajstić information content (AvgIpc) is 2.67. The minimum absolute atomic E-state index is 0.130. The van der Waals surface area contributed by atoms with E-state index in [2.05, 4.69) is 10.3 Å². The Labute approximate surface area is 96.5 Å². The molecule has 0 bridgehead atoms. The third-order valence-electron chi connectivity index (χ3n) is 2.19. The topological polar surface area (TPSA) is 64.1 Å². The van der Waals surface area contributed by atoms with Crippen molar-refractivity contribution < 1.29 is 13.2 Å². The molecule has 6 heteroatoms. The fraction of sp³-hybridized carbons (Fsp3) is 0.182. The Morgan fingerprint density at radius 3 is 2.82 bits per heavy atom. The van der Waals surface area contributed by atoms with Crippen molar-refractivity contribution in [2.45, 2.75) is 13.5 Å². The quantitative estimate of drug-likeness (QED) is 0.807. The van der Waals surface area contributed by atoms with Crippen LogP contribution in [0.3, 0.4) is 0 Å². The standard InChI is InChI=1S/C11H11F2N3O/c1-6-4-16-10(17-6)5-15-9-3-7(12)2-8(13)11(9)14/h2-4,15H,5,14H2,1H3. The lowest BCUT2D eigenvalue weighted by Crippen LogP contribution is -2.05. The normalized spacial score (nSPS) is 10.5. The van der Waals surface area contributed by atoms with Crippen LogP contribution in [0.4, 0.5) is 20.2 Å². The van der Waals surface area contributed by atoms with Gasteiger partial charge in [0.1, 0.15) is 11.6 Å². The third kappa shape index (κ3) is 2.52. The molecule has 0 atom stereocenters. The van der Waals surface area contributed by atoms with Crippen LogP contribution in [0.2, 0.25) is 0 Å². The molecule has 2 aromatic rings. The number of nitrogens with one attached hydrogen (secondary N) is 1. The second-order valence-corrected chi connectivity index (χ2v) is 3.57. The molecule has 0 saturated carbocycles. The number of nitrogen functional groups attached to an aromatic ring is 1. The number of hydrogen-bond donors (Lipinski definition) is 2. The highest BCUT2D eigenvalue weighted by atomic mass is 19.1. The zero-order chi connectivity index (χ0) is 12.4. The zero-order valence-corrected chi connectivity index (χ0v) is 9.13. The largest absolute Gasteiger partial charge is 0.444 e. The lowest BCUT2D eigenvalue weighted by molar-refractivity contribution is 0.479. The SMILES string of the molecule is Cc1cnc(CNc2cc(F)cc(F)c2N)o1. The zero-order valence-electron chi connectivity index (χ0n) is 9.13. The fourth-order valence-electron chi connectivity index (χ4n) is 1.39. The van der Waals surface area contributed by atoms with E-state index in [1.165, 1.54) is 0 Å². The van der Waals surface area contributed by atoms with E-state index in [1.54, 1.807) is 13.1 Å². The van der Waals surface area contributed by atoms with Crippen LogP contribution in [-0.4, -0.2) is 4.98 Å². The van der Waals surface area contributed by atoms with Crippen LogP contribution in [-0.2, 0) is 6.54 Å². The maximum Gasteiger partial charge on any atom is 0.213 e. The predicted molar refractivity (Wildman–Crippen MR) is 59.3 cm³/mol. The summed E-state index contributed by atoms with van der Waals surface area (Å²) >= 11 is 0. The van der Waals surface area contributed by atoms with Crippen molar-refractivity contribution in [1.82, 2.24) is 4.98 Å². The molecular formula is C11H11F2N3O. The van der Waals surface area contributed by atoms with Crippen molar-refractivity contribution in [2.75, 3.05) is 11.1 Å². The summed E-state index contributed by atoms with van der Waals surface area (Å²) in [6, 6.07) is 1.85. The number of anilines is 2. The van der Waals surface area contributed by atoms with Crippen molar-refractivity contribution in [3.63, 3.8) is 0 Å². The number of rotatable bonds is 3. The molecule has 0 unspecified atom stereocenters. The Bertz CT molecular complexity index is 540. The van der Waals surface area contributed by atoms with E-state index >= 15 is 0 Å². The first kappa shape index (κ1) is 11.4. The number of halogens is 2. The minimum atomic E-state index is -0.795. The Balaban J connectivity index is 2.14. The van der Waals surface area contributed by atoms with Gasteiger partial charge in [-0.2, -0.15) is 0 Å². The van der Waals surface area contributed by atoms with Gasteiger partial charge in [0.15, 0.2) is 5.82 Å². The maximum atomic E-state index is 13.1. The summed E-state index contributed by atoms with van der Waals surface area (Å²) in [7, 11) is 0. The van der Waals surface area contributed by atoms with Crippen LogP contribution in [0, 0.1) is 18.6 Å². The minimum Gasteiger partial charge on any atom is -0.444 e. The first-order chi connectivity index (χ1) is 8.06. The summed E-state index contributed by atoms with van der Waals surface area (Å²) < 4.78 is 31.3. The first-order valence-corrected chi connectivity index (χ1v) is 4.96. The fourth-order valence-corrected chi connectivity index (χ4v) is 1.39. The summed E-state index contributed by atoms with van der Waals surface area (Å²) in [6.07, 6.45) is 1.56. The van der Waals surface area contributed by atoms with Gasteiger partial charge in [0.05, 0.1) is 24.1 Å². The van der Waals surface area contributed by atoms with Crippen LogP contribution in [0.1, 0.15) is 11.7 Å². The van der Waals surface area contributed by atoms with E-state index in [4.69, 9.17) is 10.2 Å². The van der Waals surface area contributed by atoms with E-state index in [9.17, 15) is 8.78 Å². The number of hydrogen-bond acceptors (Lipinski definition) is 4. The molecule has 17 heavy (non-hydrogen) atoms. The van der Waals surface area contributed by atoms with Gasteiger partial charge in [0.2, 0.25) is 5.89 Å².